The first-order valence-electron chi connectivity index (χ1n) is 10.9. The Labute approximate surface area is 183 Å². The van der Waals surface area contributed by atoms with Gasteiger partial charge in [0, 0.05) is 29.8 Å². The molecular weight excluding hydrogens is 388 g/mol. The van der Waals surface area contributed by atoms with Gasteiger partial charge in [-0.05, 0) is 86.4 Å². The Bertz CT molecular complexity index is 1050. The molecule has 2 aromatic heterocycles. The van der Waals surface area contributed by atoms with Gasteiger partial charge in [-0.25, -0.2) is 0 Å². The Morgan fingerprint density at radius 3 is 2.57 bits per heavy atom. The first-order valence-corrected chi connectivity index (χ1v) is 11.3. The smallest absolute Gasteiger partial charge is 0.170 e. The van der Waals surface area contributed by atoms with Gasteiger partial charge in [0.05, 0.1) is 17.8 Å². The van der Waals surface area contributed by atoms with E-state index >= 15 is 0 Å². The summed E-state index contributed by atoms with van der Waals surface area (Å²) in [6.45, 7) is 4.34. The zero-order valence-electron chi connectivity index (χ0n) is 17.6. The van der Waals surface area contributed by atoms with Crippen molar-refractivity contribution in [3.8, 4) is 5.69 Å². The van der Waals surface area contributed by atoms with E-state index in [9.17, 15) is 0 Å². The number of benzene rings is 1. The normalized spacial score (nSPS) is 21.9. The van der Waals surface area contributed by atoms with Gasteiger partial charge < -0.3 is 14.8 Å². The highest BCUT2D eigenvalue weighted by Gasteiger charge is 2.44. The third kappa shape index (κ3) is 3.31. The Hall–Kier alpha value is -2.66. The minimum Gasteiger partial charge on any atom is -0.352 e. The molecule has 1 N–H and O–H groups in total. The van der Waals surface area contributed by atoms with E-state index in [0.717, 1.165) is 10.8 Å². The van der Waals surface area contributed by atoms with E-state index in [2.05, 4.69) is 82.3 Å². The molecule has 0 bridgehead atoms. The molecule has 0 unspecified atom stereocenters. The van der Waals surface area contributed by atoms with Crippen molar-refractivity contribution in [3.63, 3.8) is 0 Å². The second-order valence-electron chi connectivity index (χ2n) is 8.54. The van der Waals surface area contributed by atoms with Gasteiger partial charge in [-0.1, -0.05) is 25.0 Å². The number of thiocarbonyl (C=S) groups is 1. The third-order valence-electron chi connectivity index (χ3n) is 6.71. The van der Waals surface area contributed by atoms with Crippen molar-refractivity contribution in [2.75, 3.05) is 0 Å². The summed E-state index contributed by atoms with van der Waals surface area (Å²) in [7, 11) is 0. The van der Waals surface area contributed by atoms with Gasteiger partial charge >= 0.3 is 0 Å². The molecule has 4 nitrogen and oxygen atoms in total. The molecule has 30 heavy (non-hydrogen) atoms. The average Bonchev–Trinajstić information content (AvgIpc) is 3.50. The molecule has 154 valence electrons. The maximum Gasteiger partial charge on any atom is 0.170 e. The van der Waals surface area contributed by atoms with Crippen LogP contribution in [0.1, 0.15) is 60.3 Å². The topological polar surface area (TPSA) is 33.1 Å². The second-order valence-corrected chi connectivity index (χ2v) is 8.93. The van der Waals surface area contributed by atoms with Crippen molar-refractivity contribution in [2.24, 2.45) is 0 Å². The minimum absolute atomic E-state index is 0.0412. The molecule has 2 aliphatic rings. The van der Waals surface area contributed by atoms with Crippen LogP contribution in [-0.2, 0) is 0 Å². The van der Waals surface area contributed by atoms with Crippen LogP contribution in [-0.4, -0.2) is 25.6 Å². The molecule has 3 heterocycles. The molecule has 2 fully saturated rings. The molecule has 0 radical (unpaired) electrons. The molecule has 5 heteroatoms. The molecule has 0 spiro atoms. The van der Waals surface area contributed by atoms with E-state index in [1.54, 1.807) is 0 Å². The van der Waals surface area contributed by atoms with Gasteiger partial charge in [0.15, 0.2) is 5.11 Å². The third-order valence-corrected chi connectivity index (χ3v) is 7.03. The van der Waals surface area contributed by atoms with Crippen molar-refractivity contribution < 1.29 is 0 Å². The molecule has 5 rings (SSSR count). The van der Waals surface area contributed by atoms with Gasteiger partial charge in [-0.15, -0.1) is 0 Å². The van der Waals surface area contributed by atoms with Crippen molar-refractivity contribution in [3.05, 3.63) is 83.4 Å². The monoisotopic (exact) mass is 416 g/mol. The SMILES string of the molecule is Cc1ccc(-n2cccc2[C@H]2[C@@H](c3ccccn3)NC(=S)N2C2CCCC2)cc1C. The standard InChI is InChI=1S/C25H28N4S/c1-17-12-13-20(16-18(17)2)28-15-7-11-22(28)24-23(21-10-5-6-14-26-21)27-25(30)29(24)19-8-3-4-9-19/h5-7,10-16,19,23-24H,3-4,8-9H2,1-2H3,(H,27,30)/t23-,24+/m1/s1. The van der Waals surface area contributed by atoms with Gasteiger partial charge in [0.25, 0.3) is 0 Å². The summed E-state index contributed by atoms with van der Waals surface area (Å²) in [6.07, 6.45) is 9.02. The first-order chi connectivity index (χ1) is 14.6. The molecule has 2 atom stereocenters. The summed E-state index contributed by atoms with van der Waals surface area (Å²) in [5.41, 5.74) is 6.12. The zero-order chi connectivity index (χ0) is 20.7. The number of hydrogen-bond acceptors (Lipinski definition) is 2. The van der Waals surface area contributed by atoms with E-state index in [1.807, 2.05) is 12.3 Å². The van der Waals surface area contributed by atoms with E-state index < -0.39 is 0 Å². The second kappa shape index (κ2) is 7.88. The highest BCUT2D eigenvalue weighted by atomic mass is 32.1. The van der Waals surface area contributed by atoms with Crippen molar-refractivity contribution in [2.45, 2.75) is 57.7 Å². The van der Waals surface area contributed by atoms with Crippen LogP contribution in [0.3, 0.4) is 0 Å². The lowest BCUT2D eigenvalue weighted by Gasteiger charge is -2.33. The number of hydrogen-bond donors (Lipinski definition) is 1. The van der Waals surface area contributed by atoms with E-state index in [-0.39, 0.29) is 12.1 Å². The highest BCUT2D eigenvalue weighted by molar-refractivity contribution is 7.80. The van der Waals surface area contributed by atoms with Crippen LogP contribution < -0.4 is 5.32 Å². The van der Waals surface area contributed by atoms with Gasteiger partial charge in [0.1, 0.15) is 0 Å². The zero-order valence-corrected chi connectivity index (χ0v) is 18.4. The Morgan fingerprint density at radius 2 is 1.83 bits per heavy atom. The summed E-state index contributed by atoms with van der Waals surface area (Å²) >= 11 is 5.88. The molecule has 0 amide bonds. The summed E-state index contributed by atoms with van der Waals surface area (Å²) in [4.78, 5) is 7.15. The fraction of sp³-hybridized carbons (Fsp3) is 0.360. The Kier molecular flexibility index (Phi) is 5.07. The van der Waals surface area contributed by atoms with Gasteiger partial charge in [-0.2, -0.15) is 0 Å². The van der Waals surface area contributed by atoms with Crippen LogP contribution in [0, 0.1) is 13.8 Å². The number of nitrogens with zero attached hydrogens (tertiary/aromatic N) is 3. The quantitative estimate of drug-likeness (QED) is 0.577. The van der Waals surface area contributed by atoms with Crippen LogP contribution in [0.5, 0.6) is 0 Å². The van der Waals surface area contributed by atoms with E-state index in [4.69, 9.17) is 12.2 Å². The number of nitrogens with one attached hydrogen (secondary N) is 1. The minimum atomic E-state index is 0.0412. The van der Waals surface area contributed by atoms with Crippen LogP contribution in [0.25, 0.3) is 5.69 Å². The molecule has 3 aromatic rings. The molecule has 1 saturated heterocycles. The highest BCUT2D eigenvalue weighted by Crippen LogP contribution is 2.43. The molecular formula is C25H28N4S. The number of aromatic nitrogens is 2. The maximum atomic E-state index is 5.88. The first kappa shape index (κ1) is 19.3. The van der Waals surface area contributed by atoms with Crippen LogP contribution in [0.4, 0.5) is 0 Å². The van der Waals surface area contributed by atoms with E-state index in [1.165, 1.54) is 48.2 Å². The Morgan fingerprint density at radius 1 is 1.00 bits per heavy atom. The van der Waals surface area contributed by atoms with Crippen molar-refractivity contribution in [1.29, 1.82) is 0 Å². The fourth-order valence-corrected chi connectivity index (χ4v) is 5.39. The van der Waals surface area contributed by atoms with Crippen molar-refractivity contribution >= 4 is 17.3 Å². The van der Waals surface area contributed by atoms with E-state index in [0.29, 0.717) is 6.04 Å². The number of rotatable bonds is 4. The largest absolute Gasteiger partial charge is 0.352 e. The average molecular weight is 417 g/mol. The molecule has 1 aliphatic carbocycles. The lowest BCUT2D eigenvalue weighted by molar-refractivity contribution is 0.239. The molecule has 1 aromatic carbocycles. The van der Waals surface area contributed by atoms with Crippen LogP contribution in [0.2, 0.25) is 0 Å². The molecule has 1 aliphatic heterocycles. The summed E-state index contributed by atoms with van der Waals surface area (Å²) in [5.74, 6) is 0. The van der Waals surface area contributed by atoms with Crippen LogP contribution >= 0.6 is 12.2 Å². The molecule has 1 saturated carbocycles. The predicted octanol–water partition coefficient (Wildman–Crippen LogP) is 5.40. The van der Waals surface area contributed by atoms with Crippen LogP contribution in [0.15, 0.2) is 60.9 Å². The lowest BCUT2D eigenvalue weighted by atomic mass is 9.99. The van der Waals surface area contributed by atoms with Crippen molar-refractivity contribution in [1.82, 2.24) is 19.8 Å². The number of aryl methyl sites for hydroxylation is 2. The van der Waals surface area contributed by atoms with Gasteiger partial charge in [0.2, 0.25) is 0 Å². The summed E-state index contributed by atoms with van der Waals surface area (Å²) in [5, 5.41) is 4.47. The summed E-state index contributed by atoms with van der Waals surface area (Å²) < 4.78 is 2.32. The fourth-order valence-electron chi connectivity index (χ4n) is 5.00. The predicted molar refractivity (Wildman–Crippen MR) is 125 cm³/mol. The maximum absolute atomic E-state index is 5.88. The Balaban J connectivity index is 1.62. The number of pyridine rings is 1. The van der Waals surface area contributed by atoms with Gasteiger partial charge in [-0.3, -0.25) is 4.98 Å². The summed E-state index contributed by atoms with van der Waals surface area (Å²) in [6, 6.07) is 17.9. The lowest BCUT2D eigenvalue weighted by Crippen LogP contribution is -2.38.